The van der Waals surface area contributed by atoms with Gasteiger partial charge in [0.15, 0.2) is 11.6 Å². The minimum Gasteiger partial charge on any atom is -0.490 e. The van der Waals surface area contributed by atoms with Gasteiger partial charge in [0.2, 0.25) is 0 Å². The van der Waals surface area contributed by atoms with Gasteiger partial charge >= 0.3 is 0 Å². The molecule has 2 unspecified atom stereocenters. The van der Waals surface area contributed by atoms with Gasteiger partial charge in [-0.15, -0.1) is 0 Å². The van der Waals surface area contributed by atoms with E-state index in [1.165, 1.54) is 31.7 Å². The van der Waals surface area contributed by atoms with Gasteiger partial charge in [0.1, 0.15) is 6.17 Å². The Morgan fingerprint density at radius 3 is 2.27 bits per heavy atom. The molecule has 0 radical (unpaired) electrons. The molecule has 0 heterocycles. The lowest BCUT2D eigenvalue weighted by molar-refractivity contribution is -0.0123. The third-order valence-electron chi connectivity index (χ3n) is 5.33. The normalized spacial score (nSPS) is 13.2. The summed E-state index contributed by atoms with van der Waals surface area (Å²) in [5.74, 6) is -0.277. The summed E-state index contributed by atoms with van der Waals surface area (Å²) < 4.78 is 40.1. The van der Waals surface area contributed by atoms with Crippen molar-refractivity contribution >= 4 is 0 Å². The van der Waals surface area contributed by atoms with Crippen LogP contribution in [0, 0.1) is 5.82 Å². The number of unbranched alkanes of at least 4 members (excludes halogenated alkanes) is 5. The van der Waals surface area contributed by atoms with Crippen molar-refractivity contribution in [3.63, 3.8) is 0 Å². The first-order valence-corrected chi connectivity index (χ1v) is 11.4. The smallest absolute Gasteiger partial charge is 0.165 e. The molecule has 0 aliphatic heterocycles. The number of hydrogen-bond acceptors (Lipinski definition) is 2. The largest absolute Gasteiger partial charge is 0.490 e. The maximum absolute atomic E-state index is 14.5. The summed E-state index contributed by atoms with van der Waals surface area (Å²) in [6, 6.07) is 14.5. The maximum atomic E-state index is 14.5. The van der Waals surface area contributed by atoms with Crippen molar-refractivity contribution in [3.05, 3.63) is 54.3 Å². The molecule has 0 aliphatic rings. The molecule has 2 rings (SSSR count). The lowest BCUT2D eigenvalue weighted by Crippen LogP contribution is -2.27. The van der Waals surface area contributed by atoms with Crippen LogP contribution in [-0.2, 0) is 4.74 Å². The average Bonchev–Trinajstić information content (AvgIpc) is 2.77. The summed E-state index contributed by atoms with van der Waals surface area (Å²) >= 11 is 0. The van der Waals surface area contributed by atoms with Gasteiger partial charge in [-0.05, 0) is 36.1 Å². The zero-order valence-corrected chi connectivity index (χ0v) is 18.4. The van der Waals surface area contributed by atoms with Gasteiger partial charge < -0.3 is 9.47 Å². The Balaban J connectivity index is 1.71. The van der Waals surface area contributed by atoms with Crippen LogP contribution in [0.25, 0.3) is 11.1 Å². The Morgan fingerprint density at radius 1 is 0.833 bits per heavy atom. The molecule has 0 bridgehead atoms. The number of alkyl halides is 1. The van der Waals surface area contributed by atoms with E-state index in [4.69, 9.17) is 9.47 Å². The summed E-state index contributed by atoms with van der Waals surface area (Å²) in [5.41, 5.74) is 1.73. The molecule has 2 nitrogen and oxygen atoms in total. The van der Waals surface area contributed by atoms with Crippen molar-refractivity contribution in [2.75, 3.05) is 13.2 Å². The maximum Gasteiger partial charge on any atom is 0.165 e. The van der Waals surface area contributed by atoms with Crippen LogP contribution in [0.3, 0.4) is 0 Å². The fourth-order valence-corrected chi connectivity index (χ4v) is 3.49. The summed E-state index contributed by atoms with van der Waals surface area (Å²) in [5, 5.41) is 0. The van der Waals surface area contributed by atoms with Crippen LogP contribution in [-0.4, -0.2) is 25.5 Å². The first-order valence-electron chi connectivity index (χ1n) is 11.4. The van der Waals surface area contributed by atoms with Gasteiger partial charge in [-0.1, -0.05) is 82.3 Å². The molecule has 30 heavy (non-hydrogen) atoms. The highest BCUT2D eigenvalue weighted by Gasteiger charge is 2.20. The molecule has 0 fully saturated rings. The van der Waals surface area contributed by atoms with Crippen LogP contribution >= 0.6 is 0 Å². The molecular weight excluding hydrogens is 382 g/mol. The van der Waals surface area contributed by atoms with E-state index >= 15 is 0 Å². The number of ether oxygens (including phenoxy) is 2. The predicted molar refractivity (Wildman–Crippen MR) is 120 cm³/mol. The fraction of sp³-hybridized carbons (Fsp3) is 0.538. The second-order valence-corrected chi connectivity index (χ2v) is 7.75. The van der Waals surface area contributed by atoms with Crippen LogP contribution in [0.2, 0.25) is 0 Å². The number of hydrogen-bond donors (Lipinski definition) is 0. The monoisotopic (exact) mass is 418 g/mol. The highest BCUT2D eigenvalue weighted by Crippen LogP contribution is 2.26. The van der Waals surface area contributed by atoms with Crippen molar-refractivity contribution in [2.24, 2.45) is 0 Å². The Hall–Kier alpha value is -1.94. The van der Waals surface area contributed by atoms with Gasteiger partial charge in [0.25, 0.3) is 0 Å². The SMILES string of the molecule is CCCCCCCCOC(CC)C(F)CCOc1ccc(-c2ccccc2)cc1F. The van der Waals surface area contributed by atoms with Crippen molar-refractivity contribution in [1.29, 1.82) is 0 Å². The van der Waals surface area contributed by atoms with Gasteiger partial charge in [0.05, 0.1) is 12.7 Å². The molecule has 0 amide bonds. The van der Waals surface area contributed by atoms with E-state index in [2.05, 4.69) is 6.92 Å². The van der Waals surface area contributed by atoms with Crippen molar-refractivity contribution < 1.29 is 18.3 Å². The lowest BCUT2D eigenvalue weighted by atomic mass is 10.1. The molecule has 0 aliphatic carbocycles. The molecule has 2 aromatic rings. The van der Waals surface area contributed by atoms with E-state index < -0.39 is 18.1 Å². The molecular formula is C26H36F2O2. The third-order valence-corrected chi connectivity index (χ3v) is 5.33. The fourth-order valence-electron chi connectivity index (χ4n) is 3.49. The quantitative estimate of drug-likeness (QED) is 0.275. The van der Waals surface area contributed by atoms with Crippen LogP contribution in [0.5, 0.6) is 5.75 Å². The minimum atomic E-state index is -1.11. The van der Waals surface area contributed by atoms with Crippen molar-refractivity contribution in [2.45, 2.75) is 77.5 Å². The standard InChI is InChI=1S/C26H36F2O2/c1-3-5-6-7-8-12-18-29-25(4-2)23(27)17-19-30-26-16-15-22(20-24(26)28)21-13-10-9-11-14-21/h9-11,13-16,20,23,25H,3-8,12,17-19H2,1-2H3. The molecule has 2 aromatic carbocycles. The van der Waals surface area contributed by atoms with Gasteiger partial charge in [0, 0.05) is 13.0 Å². The van der Waals surface area contributed by atoms with Crippen LogP contribution in [0.1, 0.15) is 65.2 Å². The summed E-state index contributed by atoms with van der Waals surface area (Å²) in [6.07, 6.45) is 6.39. The molecule has 0 N–H and O–H groups in total. The van der Waals surface area contributed by atoms with Crippen LogP contribution in [0.15, 0.2) is 48.5 Å². The van der Waals surface area contributed by atoms with Crippen molar-refractivity contribution in [3.8, 4) is 16.9 Å². The summed E-state index contributed by atoms with van der Waals surface area (Å²) in [4.78, 5) is 0. The lowest BCUT2D eigenvalue weighted by Gasteiger charge is -2.20. The molecule has 0 saturated carbocycles. The molecule has 0 spiro atoms. The molecule has 0 saturated heterocycles. The molecule has 2 atom stereocenters. The first-order chi connectivity index (χ1) is 14.7. The number of benzene rings is 2. The minimum absolute atomic E-state index is 0.125. The van der Waals surface area contributed by atoms with E-state index in [0.29, 0.717) is 13.0 Å². The van der Waals surface area contributed by atoms with Crippen LogP contribution < -0.4 is 4.74 Å². The Labute approximate surface area is 180 Å². The van der Waals surface area contributed by atoms with E-state index in [9.17, 15) is 8.78 Å². The molecule has 0 aromatic heterocycles. The van der Waals surface area contributed by atoms with E-state index in [1.807, 2.05) is 43.3 Å². The number of halogens is 2. The zero-order chi connectivity index (χ0) is 21.6. The second kappa shape index (κ2) is 14.1. The van der Waals surface area contributed by atoms with E-state index in [0.717, 1.165) is 24.0 Å². The molecule has 166 valence electrons. The summed E-state index contributed by atoms with van der Waals surface area (Å²) in [7, 11) is 0. The Bertz CT molecular complexity index is 705. The van der Waals surface area contributed by atoms with Gasteiger partial charge in [-0.3, -0.25) is 0 Å². The highest BCUT2D eigenvalue weighted by atomic mass is 19.1. The van der Waals surface area contributed by atoms with Gasteiger partial charge in [-0.2, -0.15) is 0 Å². The Kier molecular flexibility index (Phi) is 11.5. The summed E-state index contributed by atoms with van der Waals surface area (Å²) in [6.45, 7) is 4.86. The zero-order valence-electron chi connectivity index (χ0n) is 18.4. The number of rotatable bonds is 15. The second-order valence-electron chi connectivity index (χ2n) is 7.75. The Morgan fingerprint density at radius 2 is 1.57 bits per heavy atom. The average molecular weight is 419 g/mol. The van der Waals surface area contributed by atoms with Gasteiger partial charge in [-0.25, -0.2) is 8.78 Å². The third kappa shape index (κ3) is 8.43. The first kappa shape index (κ1) is 24.3. The topological polar surface area (TPSA) is 18.5 Å². The van der Waals surface area contributed by atoms with Crippen LogP contribution in [0.4, 0.5) is 8.78 Å². The van der Waals surface area contributed by atoms with E-state index in [-0.39, 0.29) is 18.8 Å². The predicted octanol–water partition coefficient (Wildman–Crippen LogP) is 7.76. The molecule has 4 heteroatoms. The van der Waals surface area contributed by atoms with Crippen molar-refractivity contribution in [1.82, 2.24) is 0 Å². The highest BCUT2D eigenvalue weighted by molar-refractivity contribution is 5.64. The van der Waals surface area contributed by atoms with E-state index in [1.54, 1.807) is 6.07 Å².